The predicted octanol–water partition coefficient (Wildman–Crippen LogP) is 2.82. The van der Waals surface area contributed by atoms with Gasteiger partial charge in [-0.1, -0.05) is 17.7 Å². The number of rotatable bonds is 2. The Hall–Kier alpha value is -1.08. The number of hydrogen-bond acceptors (Lipinski definition) is 3. The maximum Gasteiger partial charge on any atom is 0.273 e. The van der Waals surface area contributed by atoms with Gasteiger partial charge in [0, 0.05) is 3.57 Å². The van der Waals surface area contributed by atoms with Gasteiger partial charge in [-0.3, -0.25) is 4.79 Å². The minimum atomic E-state index is -0.419. The Morgan fingerprint density at radius 3 is 3.00 bits per heavy atom. The summed E-state index contributed by atoms with van der Waals surface area (Å²) in [5, 5.41) is -0.0543. The summed E-state index contributed by atoms with van der Waals surface area (Å²) in [6, 6.07) is 7.36. The van der Waals surface area contributed by atoms with Crippen LogP contribution in [0.3, 0.4) is 0 Å². The number of benzene rings is 1. The minimum absolute atomic E-state index is 0.0543. The molecular formula is C10H6ClIN2O2. The van der Waals surface area contributed by atoms with Gasteiger partial charge in [-0.25, -0.2) is 4.98 Å². The van der Waals surface area contributed by atoms with Crippen molar-refractivity contribution >= 4 is 34.2 Å². The molecule has 0 spiro atoms. The van der Waals surface area contributed by atoms with Crippen LogP contribution in [0.5, 0.6) is 11.6 Å². The lowest BCUT2D eigenvalue weighted by Crippen LogP contribution is -2.07. The maximum atomic E-state index is 11.2. The summed E-state index contributed by atoms with van der Waals surface area (Å²) in [5.41, 5.74) is -0.419. The zero-order valence-electron chi connectivity index (χ0n) is 7.91. The highest BCUT2D eigenvalue weighted by molar-refractivity contribution is 14.1. The van der Waals surface area contributed by atoms with E-state index in [-0.39, 0.29) is 10.9 Å². The molecule has 0 aliphatic rings. The second kappa shape index (κ2) is 4.84. The third-order valence-electron chi connectivity index (χ3n) is 1.78. The van der Waals surface area contributed by atoms with Gasteiger partial charge in [-0.15, -0.1) is 0 Å². The zero-order valence-corrected chi connectivity index (χ0v) is 10.8. The van der Waals surface area contributed by atoms with Crippen LogP contribution in [0.2, 0.25) is 5.02 Å². The Bertz CT molecular complexity index is 571. The first kappa shape index (κ1) is 11.4. The van der Waals surface area contributed by atoms with Gasteiger partial charge in [-0.2, -0.15) is 0 Å². The molecule has 1 N–H and O–H groups in total. The Morgan fingerprint density at radius 2 is 2.25 bits per heavy atom. The lowest BCUT2D eigenvalue weighted by molar-refractivity contribution is 0.460. The summed E-state index contributed by atoms with van der Waals surface area (Å²) in [4.78, 5) is 17.4. The summed E-state index contributed by atoms with van der Waals surface area (Å²) in [7, 11) is 0. The van der Waals surface area contributed by atoms with Gasteiger partial charge in [0.05, 0.1) is 6.33 Å². The largest absolute Gasteiger partial charge is 0.437 e. The van der Waals surface area contributed by atoms with E-state index in [2.05, 4.69) is 32.6 Å². The van der Waals surface area contributed by atoms with E-state index in [1.54, 1.807) is 6.07 Å². The molecule has 0 aliphatic carbocycles. The molecule has 4 nitrogen and oxygen atoms in total. The summed E-state index contributed by atoms with van der Waals surface area (Å²) >= 11 is 7.91. The number of H-pyrrole nitrogens is 1. The third-order valence-corrected chi connectivity index (χ3v) is 2.78. The van der Waals surface area contributed by atoms with E-state index in [1.165, 1.54) is 6.33 Å². The summed E-state index contributed by atoms with van der Waals surface area (Å²) in [6.07, 6.45) is 1.25. The van der Waals surface area contributed by atoms with Crippen molar-refractivity contribution in [3.63, 3.8) is 0 Å². The maximum absolute atomic E-state index is 11.2. The Labute approximate surface area is 110 Å². The van der Waals surface area contributed by atoms with Crippen molar-refractivity contribution in [2.75, 3.05) is 0 Å². The van der Waals surface area contributed by atoms with Gasteiger partial charge in [0.25, 0.3) is 5.56 Å². The molecule has 1 heterocycles. The fourth-order valence-electron chi connectivity index (χ4n) is 1.08. The van der Waals surface area contributed by atoms with Crippen molar-refractivity contribution in [1.29, 1.82) is 0 Å². The van der Waals surface area contributed by atoms with Crippen molar-refractivity contribution < 1.29 is 4.74 Å². The highest BCUT2D eigenvalue weighted by atomic mass is 127. The summed E-state index contributed by atoms with van der Waals surface area (Å²) in [6.45, 7) is 0. The highest BCUT2D eigenvalue weighted by Crippen LogP contribution is 2.24. The topological polar surface area (TPSA) is 55.0 Å². The van der Waals surface area contributed by atoms with Crippen molar-refractivity contribution in [3.05, 3.63) is 49.5 Å². The fraction of sp³-hybridized carbons (Fsp3) is 0. The number of hydrogen-bond donors (Lipinski definition) is 1. The van der Waals surface area contributed by atoms with E-state index in [0.29, 0.717) is 5.75 Å². The van der Waals surface area contributed by atoms with Crippen molar-refractivity contribution in [2.45, 2.75) is 0 Å². The standard InChI is InChI=1S/C10H6ClIN2O2/c11-8-9(15)13-5-14-10(8)16-7-3-1-2-6(12)4-7/h1-5H,(H,13,14,15). The van der Waals surface area contributed by atoms with Crippen LogP contribution in [0.1, 0.15) is 0 Å². The summed E-state index contributed by atoms with van der Waals surface area (Å²) in [5.74, 6) is 0.694. The van der Waals surface area contributed by atoms with E-state index < -0.39 is 5.56 Å². The number of nitrogens with zero attached hydrogens (tertiary/aromatic N) is 1. The molecule has 0 fully saturated rings. The second-order valence-electron chi connectivity index (χ2n) is 2.91. The minimum Gasteiger partial charge on any atom is -0.437 e. The van der Waals surface area contributed by atoms with Gasteiger partial charge in [0.15, 0.2) is 5.02 Å². The quantitative estimate of drug-likeness (QED) is 0.849. The van der Waals surface area contributed by atoms with E-state index in [0.717, 1.165) is 3.57 Å². The van der Waals surface area contributed by atoms with Crippen LogP contribution in [0.25, 0.3) is 0 Å². The number of halogens is 2. The van der Waals surface area contributed by atoms with Crippen molar-refractivity contribution in [2.24, 2.45) is 0 Å². The smallest absolute Gasteiger partial charge is 0.273 e. The van der Waals surface area contributed by atoms with E-state index >= 15 is 0 Å². The molecule has 1 aromatic heterocycles. The molecule has 0 bridgehead atoms. The van der Waals surface area contributed by atoms with Crippen LogP contribution in [0, 0.1) is 3.57 Å². The molecule has 2 aromatic rings. The number of ether oxygens (including phenoxy) is 1. The van der Waals surface area contributed by atoms with Gasteiger partial charge >= 0.3 is 0 Å². The first-order valence-corrected chi connectivity index (χ1v) is 5.79. The molecule has 0 radical (unpaired) electrons. The molecule has 0 saturated heterocycles. The lowest BCUT2D eigenvalue weighted by Gasteiger charge is -2.05. The average molecular weight is 349 g/mol. The SMILES string of the molecule is O=c1[nH]cnc(Oc2cccc(I)c2)c1Cl. The van der Waals surface area contributed by atoms with E-state index in [4.69, 9.17) is 16.3 Å². The normalized spacial score (nSPS) is 10.1. The molecule has 82 valence electrons. The Morgan fingerprint density at radius 1 is 1.44 bits per heavy atom. The molecule has 1 aromatic carbocycles. The first-order valence-electron chi connectivity index (χ1n) is 4.33. The molecule has 0 unspecified atom stereocenters. The monoisotopic (exact) mass is 348 g/mol. The van der Waals surface area contributed by atoms with Crippen molar-refractivity contribution in [3.8, 4) is 11.6 Å². The molecule has 0 amide bonds. The predicted molar refractivity (Wildman–Crippen MR) is 69.1 cm³/mol. The van der Waals surface area contributed by atoms with Crippen LogP contribution in [0.15, 0.2) is 35.4 Å². The Balaban J connectivity index is 2.34. The molecule has 16 heavy (non-hydrogen) atoms. The third kappa shape index (κ3) is 2.53. The average Bonchev–Trinajstić information content (AvgIpc) is 2.25. The second-order valence-corrected chi connectivity index (χ2v) is 4.53. The number of nitrogens with one attached hydrogen (secondary N) is 1. The van der Waals surface area contributed by atoms with Crippen molar-refractivity contribution in [1.82, 2.24) is 9.97 Å². The highest BCUT2D eigenvalue weighted by Gasteiger charge is 2.07. The van der Waals surface area contributed by atoms with Gasteiger partial charge < -0.3 is 9.72 Å². The van der Waals surface area contributed by atoms with Crippen LogP contribution in [-0.4, -0.2) is 9.97 Å². The van der Waals surface area contributed by atoms with Crippen LogP contribution in [-0.2, 0) is 0 Å². The van der Waals surface area contributed by atoms with E-state index in [1.807, 2.05) is 18.2 Å². The van der Waals surface area contributed by atoms with Crippen LogP contribution in [0.4, 0.5) is 0 Å². The first-order chi connectivity index (χ1) is 7.66. The van der Waals surface area contributed by atoms with Gasteiger partial charge in [0.1, 0.15) is 5.75 Å². The summed E-state index contributed by atoms with van der Waals surface area (Å²) < 4.78 is 6.43. The molecule has 0 aliphatic heterocycles. The van der Waals surface area contributed by atoms with Gasteiger partial charge in [-0.05, 0) is 40.8 Å². The fourth-order valence-corrected chi connectivity index (χ4v) is 1.74. The number of aromatic nitrogens is 2. The molecular weight excluding hydrogens is 342 g/mol. The molecule has 0 saturated carbocycles. The van der Waals surface area contributed by atoms with Crippen LogP contribution >= 0.6 is 34.2 Å². The lowest BCUT2D eigenvalue weighted by atomic mass is 10.3. The van der Waals surface area contributed by atoms with Crippen LogP contribution < -0.4 is 10.3 Å². The molecule has 2 rings (SSSR count). The zero-order chi connectivity index (χ0) is 11.5. The van der Waals surface area contributed by atoms with Gasteiger partial charge in [0.2, 0.25) is 5.88 Å². The Kier molecular flexibility index (Phi) is 3.45. The van der Waals surface area contributed by atoms with E-state index in [9.17, 15) is 4.79 Å². The molecule has 0 atom stereocenters. The molecule has 6 heteroatoms. The number of aromatic amines is 1.